The second-order valence-electron chi connectivity index (χ2n) is 3.37. The molecule has 0 fully saturated rings. The largest absolute Gasteiger partial charge is 0.338 e. The number of carbonyl (C=O) groups excluding carboxylic acids is 1. The summed E-state index contributed by atoms with van der Waals surface area (Å²) in [7, 11) is 1.69. The van der Waals surface area contributed by atoms with Gasteiger partial charge in [0.05, 0.1) is 18.1 Å². The molecule has 0 saturated heterocycles. The maximum absolute atomic E-state index is 11.8. The molecular weight excluding hydrogens is 190 g/mol. The molecule has 1 rings (SSSR count). The van der Waals surface area contributed by atoms with Gasteiger partial charge in [-0.1, -0.05) is 0 Å². The maximum Gasteiger partial charge on any atom is 0.255 e. The van der Waals surface area contributed by atoms with Crippen molar-refractivity contribution in [1.29, 1.82) is 5.26 Å². The van der Waals surface area contributed by atoms with Gasteiger partial charge >= 0.3 is 0 Å². The van der Waals surface area contributed by atoms with Crippen molar-refractivity contribution in [3.05, 3.63) is 30.1 Å². The zero-order valence-corrected chi connectivity index (χ0v) is 8.84. The summed E-state index contributed by atoms with van der Waals surface area (Å²) in [6.45, 7) is 1.84. The van der Waals surface area contributed by atoms with E-state index in [4.69, 9.17) is 5.26 Å². The molecule has 0 aliphatic heterocycles. The Bertz CT molecular complexity index is 369. The predicted molar refractivity (Wildman–Crippen MR) is 56.0 cm³/mol. The molecule has 0 bridgehead atoms. The van der Waals surface area contributed by atoms with Crippen molar-refractivity contribution >= 4 is 5.91 Å². The molecule has 1 aromatic rings. The number of hydrogen-bond donors (Lipinski definition) is 0. The van der Waals surface area contributed by atoms with Gasteiger partial charge in [0.25, 0.3) is 5.91 Å². The van der Waals surface area contributed by atoms with Crippen LogP contribution in [0, 0.1) is 11.3 Å². The van der Waals surface area contributed by atoms with Gasteiger partial charge in [0.15, 0.2) is 0 Å². The summed E-state index contributed by atoms with van der Waals surface area (Å²) in [6, 6.07) is 5.40. The van der Waals surface area contributed by atoms with Gasteiger partial charge in [0.1, 0.15) is 0 Å². The van der Waals surface area contributed by atoms with E-state index in [2.05, 4.69) is 4.98 Å². The third kappa shape index (κ3) is 2.78. The van der Waals surface area contributed by atoms with E-state index in [1.54, 1.807) is 30.3 Å². The average molecular weight is 203 g/mol. The lowest BCUT2D eigenvalue weighted by Gasteiger charge is -2.22. The number of amides is 1. The van der Waals surface area contributed by atoms with E-state index in [9.17, 15) is 4.79 Å². The van der Waals surface area contributed by atoms with Crippen molar-refractivity contribution in [2.75, 3.05) is 7.05 Å². The molecular formula is C11H13N3O. The van der Waals surface area contributed by atoms with Crippen molar-refractivity contribution in [3.63, 3.8) is 0 Å². The first-order chi connectivity index (χ1) is 7.16. The number of nitriles is 1. The third-order valence-corrected chi connectivity index (χ3v) is 2.28. The van der Waals surface area contributed by atoms with Crippen LogP contribution in [0.5, 0.6) is 0 Å². The van der Waals surface area contributed by atoms with Crippen LogP contribution in [0.2, 0.25) is 0 Å². The van der Waals surface area contributed by atoms with Crippen molar-refractivity contribution in [2.45, 2.75) is 19.4 Å². The van der Waals surface area contributed by atoms with Crippen LogP contribution in [0.15, 0.2) is 24.5 Å². The molecule has 1 aromatic heterocycles. The number of hydrogen-bond acceptors (Lipinski definition) is 3. The zero-order chi connectivity index (χ0) is 11.3. The zero-order valence-electron chi connectivity index (χ0n) is 8.84. The molecule has 0 radical (unpaired) electrons. The number of pyridine rings is 1. The quantitative estimate of drug-likeness (QED) is 0.747. The van der Waals surface area contributed by atoms with Crippen molar-refractivity contribution in [3.8, 4) is 6.07 Å². The molecule has 0 aromatic carbocycles. The number of carbonyl (C=O) groups is 1. The maximum atomic E-state index is 11.8. The first-order valence-corrected chi connectivity index (χ1v) is 4.71. The fourth-order valence-electron chi connectivity index (χ4n) is 1.16. The Balaban J connectivity index is 2.74. The van der Waals surface area contributed by atoms with Crippen molar-refractivity contribution < 1.29 is 4.79 Å². The van der Waals surface area contributed by atoms with Gasteiger partial charge in [-0.3, -0.25) is 9.78 Å². The molecule has 1 amide bonds. The second kappa shape index (κ2) is 5.11. The van der Waals surface area contributed by atoms with E-state index in [-0.39, 0.29) is 11.9 Å². The molecule has 0 aliphatic rings. The van der Waals surface area contributed by atoms with Crippen molar-refractivity contribution in [1.82, 2.24) is 9.88 Å². The number of aromatic nitrogens is 1. The Kier molecular flexibility index (Phi) is 3.81. The highest BCUT2D eigenvalue weighted by atomic mass is 16.2. The van der Waals surface area contributed by atoms with Gasteiger partial charge < -0.3 is 4.90 Å². The highest BCUT2D eigenvalue weighted by molar-refractivity contribution is 5.93. The molecule has 0 aliphatic carbocycles. The molecule has 1 unspecified atom stereocenters. The Morgan fingerprint density at radius 2 is 2.47 bits per heavy atom. The van der Waals surface area contributed by atoms with Gasteiger partial charge in [-0.05, 0) is 19.1 Å². The van der Waals surface area contributed by atoms with Crippen LogP contribution in [0.4, 0.5) is 0 Å². The van der Waals surface area contributed by atoms with Crippen LogP contribution in [0.3, 0.4) is 0 Å². The van der Waals surface area contributed by atoms with Gasteiger partial charge in [-0.15, -0.1) is 0 Å². The summed E-state index contributed by atoms with van der Waals surface area (Å²) >= 11 is 0. The average Bonchev–Trinajstić information content (AvgIpc) is 2.28. The van der Waals surface area contributed by atoms with E-state index in [0.29, 0.717) is 12.0 Å². The SMILES string of the molecule is CC(CC#N)N(C)C(=O)c1cccnc1. The molecule has 0 saturated carbocycles. The topological polar surface area (TPSA) is 57.0 Å². The first-order valence-electron chi connectivity index (χ1n) is 4.71. The van der Waals surface area contributed by atoms with Crippen LogP contribution in [-0.2, 0) is 0 Å². The summed E-state index contributed by atoms with van der Waals surface area (Å²) < 4.78 is 0. The minimum Gasteiger partial charge on any atom is -0.338 e. The van der Waals surface area contributed by atoms with Crippen LogP contribution in [-0.4, -0.2) is 28.9 Å². The lowest BCUT2D eigenvalue weighted by Crippen LogP contribution is -2.34. The number of rotatable bonds is 3. The summed E-state index contributed by atoms with van der Waals surface area (Å²) in [5.41, 5.74) is 0.546. The van der Waals surface area contributed by atoms with Gasteiger partial charge in [-0.2, -0.15) is 5.26 Å². The standard InChI is InChI=1S/C11H13N3O/c1-9(5-6-12)14(2)11(15)10-4-3-7-13-8-10/h3-4,7-9H,5H2,1-2H3. The van der Waals surface area contributed by atoms with Crippen LogP contribution >= 0.6 is 0 Å². The first kappa shape index (κ1) is 11.2. The normalized spacial score (nSPS) is 11.5. The van der Waals surface area contributed by atoms with E-state index in [1.165, 1.54) is 6.20 Å². The van der Waals surface area contributed by atoms with Crippen molar-refractivity contribution in [2.24, 2.45) is 0 Å². The van der Waals surface area contributed by atoms with E-state index in [0.717, 1.165) is 0 Å². The lowest BCUT2D eigenvalue weighted by molar-refractivity contribution is 0.0746. The van der Waals surface area contributed by atoms with E-state index >= 15 is 0 Å². The summed E-state index contributed by atoms with van der Waals surface area (Å²) in [4.78, 5) is 17.3. The highest BCUT2D eigenvalue weighted by Gasteiger charge is 2.16. The van der Waals surface area contributed by atoms with E-state index < -0.39 is 0 Å². The van der Waals surface area contributed by atoms with Crippen LogP contribution in [0.25, 0.3) is 0 Å². The summed E-state index contributed by atoms with van der Waals surface area (Å²) in [5.74, 6) is -0.106. The predicted octanol–water partition coefficient (Wildman–Crippen LogP) is 1.46. The third-order valence-electron chi connectivity index (χ3n) is 2.28. The van der Waals surface area contributed by atoms with Gasteiger partial charge in [-0.25, -0.2) is 0 Å². The second-order valence-corrected chi connectivity index (χ2v) is 3.37. The summed E-state index contributed by atoms with van der Waals surface area (Å²) in [5, 5.41) is 8.54. The molecule has 4 heteroatoms. The van der Waals surface area contributed by atoms with Gasteiger partial charge in [0.2, 0.25) is 0 Å². The minimum atomic E-state index is -0.106. The molecule has 0 N–H and O–H groups in total. The minimum absolute atomic E-state index is 0.0808. The highest BCUT2D eigenvalue weighted by Crippen LogP contribution is 2.06. The molecule has 4 nitrogen and oxygen atoms in total. The van der Waals surface area contributed by atoms with E-state index in [1.807, 2.05) is 13.0 Å². The molecule has 0 spiro atoms. The smallest absolute Gasteiger partial charge is 0.255 e. The Morgan fingerprint density at radius 3 is 3.00 bits per heavy atom. The fourth-order valence-corrected chi connectivity index (χ4v) is 1.16. The monoisotopic (exact) mass is 203 g/mol. The lowest BCUT2D eigenvalue weighted by atomic mass is 10.2. The molecule has 1 atom stereocenters. The number of nitrogens with zero attached hydrogens (tertiary/aromatic N) is 3. The molecule has 15 heavy (non-hydrogen) atoms. The van der Waals surface area contributed by atoms with Crippen LogP contribution in [0.1, 0.15) is 23.7 Å². The Morgan fingerprint density at radius 1 is 1.73 bits per heavy atom. The Labute approximate surface area is 89.2 Å². The Hall–Kier alpha value is -1.89. The summed E-state index contributed by atoms with van der Waals surface area (Å²) in [6.07, 6.45) is 3.48. The molecule has 78 valence electrons. The molecule has 1 heterocycles. The van der Waals surface area contributed by atoms with Gasteiger partial charge in [0, 0.05) is 25.5 Å². The fraction of sp³-hybridized carbons (Fsp3) is 0.364. The van der Waals surface area contributed by atoms with Crippen LogP contribution < -0.4 is 0 Å².